The lowest BCUT2D eigenvalue weighted by atomic mass is 10.0. The van der Waals surface area contributed by atoms with Gasteiger partial charge >= 0.3 is 0 Å². The summed E-state index contributed by atoms with van der Waals surface area (Å²) in [6, 6.07) is 5.75. The van der Waals surface area contributed by atoms with Gasteiger partial charge in [-0.2, -0.15) is 0 Å². The number of carbonyl (C=O) groups is 1. The minimum absolute atomic E-state index is 0.0146. The monoisotopic (exact) mass is 271 g/mol. The second-order valence-corrected chi connectivity index (χ2v) is 5.31. The van der Waals surface area contributed by atoms with Crippen LogP contribution in [-0.4, -0.2) is 27.5 Å². The number of aryl methyl sites for hydroxylation is 2. The van der Waals surface area contributed by atoms with E-state index in [2.05, 4.69) is 10.2 Å². The molecule has 5 heteroatoms. The van der Waals surface area contributed by atoms with Crippen molar-refractivity contribution in [1.82, 2.24) is 15.1 Å². The third-order valence-electron chi connectivity index (χ3n) is 3.99. The van der Waals surface area contributed by atoms with Crippen molar-refractivity contribution in [2.45, 2.75) is 26.8 Å². The minimum atomic E-state index is -0.0710. The SMILES string of the molecule is Cc1ccc(C(=O)N2CCc3c([nH][nH]c3=O)C2)cc1C. The number of nitrogens with zero attached hydrogens (tertiary/aromatic N) is 1. The van der Waals surface area contributed by atoms with Gasteiger partial charge in [0.2, 0.25) is 0 Å². The van der Waals surface area contributed by atoms with E-state index in [1.807, 2.05) is 32.0 Å². The van der Waals surface area contributed by atoms with Crippen LogP contribution in [-0.2, 0) is 13.0 Å². The first-order valence-corrected chi connectivity index (χ1v) is 6.71. The van der Waals surface area contributed by atoms with Gasteiger partial charge in [-0.25, -0.2) is 0 Å². The van der Waals surface area contributed by atoms with Crippen LogP contribution in [0, 0.1) is 13.8 Å². The first-order valence-electron chi connectivity index (χ1n) is 6.71. The largest absolute Gasteiger partial charge is 0.332 e. The molecule has 2 heterocycles. The third kappa shape index (κ3) is 2.05. The van der Waals surface area contributed by atoms with Gasteiger partial charge in [-0.05, 0) is 43.5 Å². The van der Waals surface area contributed by atoms with Crippen LogP contribution in [0.5, 0.6) is 0 Å². The molecule has 104 valence electrons. The predicted octanol–water partition coefficient (Wildman–Crippen LogP) is 1.52. The van der Waals surface area contributed by atoms with Crippen molar-refractivity contribution in [1.29, 1.82) is 0 Å². The quantitative estimate of drug-likeness (QED) is 0.825. The van der Waals surface area contributed by atoms with E-state index in [4.69, 9.17) is 0 Å². The lowest BCUT2D eigenvalue weighted by Crippen LogP contribution is -2.36. The zero-order valence-corrected chi connectivity index (χ0v) is 11.6. The average Bonchev–Trinajstić information content (AvgIpc) is 2.82. The van der Waals surface area contributed by atoms with E-state index in [9.17, 15) is 9.59 Å². The van der Waals surface area contributed by atoms with Crippen molar-refractivity contribution in [3.05, 3.63) is 56.5 Å². The molecule has 0 saturated carbocycles. The summed E-state index contributed by atoms with van der Waals surface area (Å²) in [6.45, 7) is 5.07. The molecule has 0 saturated heterocycles. The van der Waals surface area contributed by atoms with Crippen LogP contribution in [0.3, 0.4) is 0 Å². The molecule has 2 aromatic rings. The maximum absolute atomic E-state index is 12.5. The molecule has 20 heavy (non-hydrogen) atoms. The number of nitrogens with one attached hydrogen (secondary N) is 2. The molecule has 0 spiro atoms. The molecule has 0 unspecified atom stereocenters. The van der Waals surface area contributed by atoms with Crippen LogP contribution >= 0.6 is 0 Å². The fraction of sp³-hybridized carbons (Fsp3) is 0.333. The number of aromatic amines is 2. The third-order valence-corrected chi connectivity index (χ3v) is 3.99. The van der Waals surface area contributed by atoms with Crippen molar-refractivity contribution in [2.24, 2.45) is 0 Å². The molecule has 1 amide bonds. The first kappa shape index (κ1) is 12.7. The molecule has 0 radical (unpaired) electrons. The van der Waals surface area contributed by atoms with E-state index in [-0.39, 0.29) is 11.5 Å². The van der Waals surface area contributed by atoms with Gasteiger partial charge in [0.1, 0.15) is 0 Å². The Morgan fingerprint density at radius 3 is 2.75 bits per heavy atom. The van der Waals surface area contributed by atoms with Crippen molar-refractivity contribution in [3.8, 4) is 0 Å². The van der Waals surface area contributed by atoms with Crippen LogP contribution in [0.25, 0.3) is 0 Å². The number of rotatable bonds is 1. The Morgan fingerprint density at radius 1 is 1.20 bits per heavy atom. The highest BCUT2D eigenvalue weighted by Gasteiger charge is 2.24. The Kier molecular flexibility index (Phi) is 2.97. The summed E-state index contributed by atoms with van der Waals surface area (Å²) >= 11 is 0. The Balaban J connectivity index is 1.85. The highest BCUT2D eigenvalue weighted by Crippen LogP contribution is 2.17. The Morgan fingerprint density at radius 2 is 2.00 bits per heavy atom. The molecule has 1 aliphatic heterocycles. The molecule has 3 rings (SSSR count). The lowest BCUT2D eigenvalue weighted by Gasteiger charge is -2.26. The van der Waals surface area contributed by atoms with Crippen LogP contribution in [0.15, 0.2) is 23.0 Å². The molecule has 0 bridgehead atoms. The van der Waals surface area contributed by atoms with Gasteiger partial charge in [0, 0.05) is 17.7 Å². The van der Waals surface area contributed by atoms with E-state index < -0.39 is 0 Å². The van der Waals surface area contributed by atoms with Gasteiger partial charge in [-0.15, -0.1) is 0 Å². The number of benzene rings is 1. The fourth-order valence-corrected chi connectivity index (χ4v) is 2.57. The van der Waals surface area contributed by atoms with Gasteiger partial charge < -0.3 is 10.00 Å². The zero-order valence-electron chi connectivity index (χ0n) is 11.6. The summed E-state index contributed by atoms with van der Waals surface area (Å²) in [6.07, 6.45) is 0.602. The maximum Gasteiger partial charge on any atom is 0.267 e. The van der Waals surface area contributed by atoms with Gasteiger partial charge in [0.05, 0.1) is 12.2 Å². The van der Waals surface area contributed by atoms with Crippen molar-refractivity contribution >= 4 is 5.91 Å². The molecule has 0 fully saturated rings. The molecule has 1 aromatic heterocycles. The van der Waals surface area contributed by atoms with Crippen molar-refractivity contribution in [2.75, 3.05) is 6.54 Å². The second kappa shape index (κ2) is 4.67. The molecular formula is C15H17N3O2. The molecule has 0 atom stereocenters. The fourth-order valence-electron chi connectivity index (χ4n) is 2.57. The maximum atomic E-state index is 12.5. The van der Waals surface area contributed by atoms with Crippen molar-refractivity contribution < 1.29 is 4.79 Å². The topological polar surface area (TPSA) is 69.0 Å². The average molecular weight is 271 g/mol. The first-order chi connectivity index (χ1) is 9.56. The van der Waals surface area contributed by atoms with Crippen LogP contribution in [0.4, 0.5) is 0 Å². The number of H-pyrrole nitrogens is 2. The number of carbonyl (C=O) groups excluding carboxylic acids is 1. The predicted molar refractivity (Wildman–Crippen MR) is 75.8 cm³/mol. The number of fused-ring (bicyclic) bond motifs is 1. The van der Waals surface area contributed by atoms with E-state index in [1.54, 1.807) is 4.90 Å². The molecule has 0 aliphatic carbocycles. The van der Waals surface area contributed by atoms with Gasteiger partial charge in [-0.3, -0.25) is 14.7 Å². The van der Waals surface area contributed by atoms with Crippen LogP contribution in [0.1, 0.15) is 32.7 Å². The van der Waals surface area contributed by atoms with E-state index in [0.29, 0.717) is 25.1 Å². The van der Waals surface area contributed by atoms with E-state index >= 15 is 0 Å². The summed E-state index contributed by atoms with van der Waals surface area (Å²) in [7, 11) is 0. The number of amides is 1. The summed E-state index contributed by atoms with van der Waals surface area (Å²) in [5.41, 5.74) is 4.52. The molecule has 1 aliphatic rings. The Labute approximate surface area is 116 Å². The molecular weight excluding hydrogens is 254 g/mol. The molecule has 5 nitrogen and oxygen atoms in total. The highest BCUT2D eigenvalue weighted by atomic mass is 16.2. The smallest absolute Gasteiger partial charge is 0.267 e. The summed E-state index contributed by atoms with van der Waals surface area (Å²) in [4.78, 5) is 25.8. The Hall–Kier alpha value is -2.30. The highest BCUT2D eigenvalue weighted by molar-refractivity contribution is 5.94. The number of aromatic nitrogens is 2. The summed E-state index contributed by atoms with van der Waals surface area (Å²) < 4.78 is 0. The summed E-state index contributed by atoms with van der Waals surface area (Å²) in [5, 5.41) is 5.43. The van der Waals surface area contributed by atoms with Crippen LogP contribution < -0.4 is 5.56 Å². The second-order valence-electron chi connectivity index (χ2n) is 5.31. The van der Waals surface area contributed by atoms with Gasteiger partial charge in [0.15, 0.2) is 0 Å². The van der Waals surface area contributed by atoms with E-state index in [1.165, 1.54) is 5.56 Å². The standard InChI is InChI=1S/C15H17N3O2/c1-9-3-4-11(7-10(9)2)15(20)18-6-5-12-13(8-18)16-17-14(12)19/h3-4,7H,5-6,8H2,1-2H3,(H2,16,17,19). The lowest BCUT2D eigenvalue weighted by molar-refractivity contribution is 0.0732. The van der Waals surface area contributed by atoms with Crippen LogP contribution in [0.2, 0.25) is 0 Å². The van der Waals surface area contributed by atoms with Gasteiger partial charge in [0.25, 0.3) is 11.5 Å². The zero-order chi connectivity index (χ0) is 14.3. The number of hydrogen-bond donors (Lipinski definition) is 2. The van der Waals surface area contributed by atoms with Crippen molar-refractivity contribution in [3.63, 3.8) is 0 Å². The normalized spacial score (nSPS) is 14.2. The van der Waals surface area contributed by atoms with E-state index in [0.717, 1.165) is 16.8 Å². The Bertz CT molecular complexity index is 727. The minimum Gasteiger partial charge on any atom is -0.332 e. The number of hydrogen-bond acceptors (Lipinski definition) is 2. The summed E-state index contributed by atoms with van der Waals surface area (Å²) in [5.74, 6) is 0.0146. The molecule has 2 N–H and O–H groups in total. The van der Waals surface area contributed by atoms with Gasteiger partial charge in [-0.1, -0.05) is 6.07 Å². The molecule has 1 aromatic carbocycles.